The number of thiocarbonyl (C=S) groups is 1. The third kappa shape index (κ3) is 5.53. The Morgan fingerprint density at radius 1 is 1.00 bits per heavy atom. The van der Waals surface area contributed by atoms with Crippen LogP contribution in [-0.4, -0.2) is 29.0 Å². The topological polar surface area (TPSA) is 44.4 Å². The number of nitrogens with zero attached hydrogens (tertiary/aromatic N) is 1. The minimum atomic E-state index is -0.0339. The van der Waals surface area contributed by atoms with E-state index in [1.54, 1.807) is 0 Å². The first-order valence-corrected chi connectivity index (χ1v) is 11.8. The van der Waals surface area contributed by atoms with Crippen molar-refractivity contribution in [3.8, 4) is 0 Å². The minimum absolute atomic E-state index is 0.0339. The Hall–Kier alpha value is -2.66. The van der Waals surface area contributed by atoms with E-state index in [2.05, 4.69) is 41.0 Å². The Morgan fingerprint density at radius 3 is 2.32 bits per heavy atom. The molecule has 0 radical (unpaired) electrons. The molecule has 2 aromatic carbocycles. The predicted molar refractivity (Wildman–Crippen MR) is 129 cm³/mol. The van der Waals surface area contributed by atoms with Crippen LogP contribution >= 0.6 is 12.2 Å². The standard InChI is InChI=1S/C26H31N3OS/c30-24(29-19-9-15-20-10-7-8-16-23(20)29)17-18-27-26(31)28-25(21-11-3-1-4-12-21)22-13-5-2-6-14-22/h1-6,11-14,16,20,25H,7-10,15,17-19H2,(H2,27,28,31). The van der Waals surface area contributed by atoms with Crippen LogP contribution in [0.1, 0.15) is 55.7 Å². The van der Waals surface area contributed by atoms with Gasteiger partial charge in [-0.1, -0.05) is 66.7 Å². The molecule has 4 rings (SSSR count). The molecule has 1 heterocycles. The highest BCUT2D eigenvalue weighted by atomic mass is 32.1. The fraction of sp³-hybridized carbons (Fsp3) is 0.385. The lowest BCUT2D eigenvalue weighted by Gasteiger charge is -2.38. The van der Waals surface area contributed by atoms with Crippen LogP contribution in [0.4, 0.5) is 0 Å². The Balaban J connectivity index is 1.32. The second kappa shape index (κ2) is 10.6. The number of piperidine rings is 1. The Labute approximate surface area is 190 Å². The molecular weight excluding hydrogens is 402 g/mol. The van der Waals surface area contributed by atoms with Gasteiger partial charge < -0.3 is 15.5 Å². The third-order valence-corrected chi connectivity index (χ3v) is 6.50. The van der Waals surface area contributed by atoms with Crippen LogP contribution in [0.2, 0.25) is 0 Å². The molecule has 1 aliphatic heterocycles. The molecule has 162 valence electrons. The van der Waals surface area contributed by atoms with Gasteiger partial charge in [-0.15, -0.1) is 0 Å². The summed E-state index contributed by atoms with van der Waals surface area (Å²) in [6.45, 7) is 1.39. The van der Waals surface area contributed by atoms with Crippen molar-refractivity contribution in [3.63, 3.8) is 0 Å². The molecule has 1 unspecified atom stereocenters. The molecular formula is C26H31N3OS. The first-order chi connectivity index (χ1) is 15.2. The monoisotopic (exact) mass is 433 g/mol. The summed E-state index contributed by atoms with van der Waals surface area (Å²) in [5.41, 5.74) is 3.58. The number of benzene rings is 2. The molecule has 1 atom stereocenters. The molecule has 1 aliphatic carbocycles. The molecule has 0 spiro atoms. The zero-order valence-corrected chi connectivity index (χ0v) is 18.7. The zero-order chi connectivity index (χ0) is 21.5. The molecule has 1 amide bonds. The summed E-state index contributed by atoms with van der Waals surface area (Å²) in [4.78, 5) is 14.9. The van der Waals surface area contributed by atoms with Crippen molar-refractivity contribution >= 4 is 23.2 Å². The van der Waals surface area contributed by atoms with Crippen molar-refractivity contribution < 1.29 is 4.79 Å². The molecule has 0 aromatic heterocycles. The van der Waals surface area contributed by atoms with E-state index in [1.165, 1.54) is 25.0 Å². The molecule has 1 fully saturated rings. The van der Waals surface area contributed by atoms with E-state index in [9.17, 15) is 4.79 Å². The van der Waals surface area contributed by atoms with Crippen molar-refractivity contribution in [1.82, 2.24) is 15.5 Å². The molecule has 1 saturated heterocycles. The van der Waals surface area contributed by atoms with Crippen molar-refractivity contribution in [3.05, 3.63) is 83.6 Å². The summed E-state index contributed by atoms with van der Waals surface area (Å²) in [7, 11) is 0. The molecule has 5 heteroatoms. The molecule has 0 saturated carbocycles. The lowest BCUT2D eigenvalue weighted by molar-refractivity contribution is -0.130. The van der Waals surface area contributed by atoms with Crippen molar-refractivity contribution in [1.29, 1.82) is 0 Å². The summed E-state index contributed by atoms with van der Waals surface area (Å²) in [5, 5.41) is 7.25. The van der Waals surface area contributed by atoms with Crippen LogP contribution in [0, 0.1) is 5.92 Å². The number of hydrogen-bond donors (Lipinski definition) is 2. The number of carbonyl (C=O) groups is 1. The Kier molecular flexibility index (Phi) is 7.36. The number of carbonyl (C=O) groups excluding carboxylic acids is 1. The highest BCUT2D eigenvalue weighted by Crippen LogP contribution is 2.35. The molecule has 2 aliphatic rings. The van der Waals surface area contributed by atoms with E-state index in [1.807, 2.05) is 41.3 Å². The van der Waals surface area contributed by atoms with E-state index in [4.69, 9.17) is 12.2 Å². The number of hydrogen-bond acceptors (Lipinski definition) is 2. The molecule has 2 aromatic rings. The van der Waals surface area contributed by atoms with Gasteiger partial charge in [0, 0.05) is 25.2 Å². The van der Waals surface area contributed by atoms with Crippen LogP contribution < -0.4 is 10.6 Å². The summed E-state index contributed by atoms with van der Waals surface area (Å²) in [6, 6.07) is 20.5. The smallest absolute Gasteiger partial charge is 0.228 e. The van der Waals surface area contributed by atoms with Crippen LogP contribution in [0.3, 0.4) is 0 Å². The molecule has 0 bridgehead atoms. The van der Waals surface area contributed by atoms with E-state index in [0.29, 0.717) is 24.0 Å². The highest BCUT2D eigenvalue weighted by molar-refractivity contribution is 7.80. The van der Waals surface area contributed by atoms with Crippen LogP contribution in [0.5, 0.6) is 0 Å². The highest BCUT2D eigenvalue weighted by Gasteiger charge is 2.29. The van der Waals surface area contributed by atoms with Gasteiger partial charge >= 0.3 is 0 Å². The van der Waals surface area contributed by atoms with E-state index in [-0.39, 0.29) is 11.9 Å². The lowest BCUT2D eigenvalue weighted by atomic mass is 9.85. The van der Waals surface area contributed by atoms with E-state index < -0.39 is 0 Å². The fourth-order valence-electron chi connectivity index (χ4n) is 4.70. The average molecular weight is 434 g/mol. The van der Waals surface area contributed by atoms with Crippen molar-refractivity contribution in [2.24, 2.45) is 5.92 Å². The maximum absolute atomic E-state index is 12.9. The maximum atomic E-state index is 12.9. The first kappa shape index (κ1) is 21.6. The SMILES string of the molecule is O=C(CCNC(=S)NC(c1ccccc1)c1ccccc1)N1CCCC2CCCC=C21. The second-order valence-corrected chi connectivity index (χ2v) is 8.76. The number of fused-ring (bicyclic) bond motifs is 1. The predicted octanol–water partition coefficient (Wildman–Crippen LogP) is 4.94. The quantitative estimate of drug-likeness (QED) is 0.634. The summed E-state index contributed by atoms with van der Waals surface area (Å²) >= 11 is 5.57. The fourth-order valence-corrected chi connectivity index (χ4v) is 4.92. The van der Waals surface area contributed by atoms with Crippen LogP contribution in [0.25, 0.3) is 0 Å². The second-order valence-electron chi connectivity index (χ2n) is 8.35. The van der Waals surface area contributed by atoms with Gasteiger partial charge in [-0.2, -0.15) is 0 Å². The largest absolute Gasteiger partial charge is 0.362 e. The van der Waals surface area contributed by atoms with Gasteiger partial charge in [-0.05, 0) is 61.4 Å². The van der Waals surface area contributed by atoms with Gasteiger partial charge in [0.15, 0.2) is 5.11 Å². The number of rotatable bonds is 6. The van der Waals surface area contributed by atoms with Crippen LogP contribution in [0.15, 0.2) is 72.4 Å². The first-order valence-electron chi connectivity index (χ1n) is 11.4. The van der Waals surface area contributed by atoms with Gasteiger partial charge in [0.1, 0.15) is 0 Å². The van der Waals surface area contributed by atoms with E-state index >= 15 is 0 Å². The van der Waals surface area contributed by atoms with Crippen LogP contribution in [-0.2, 0) is 4.79 Å². The number of allylic oxidation sites excluding steroid dienone is 2. The zero-order valence-electron chi connectivity index (χ0n) is 17.9. The summed E-state index contributed by atoms with van der Waals surface area (Å²) in [6.07, 6.45) is 8.65. The normalized spacial score (nSPS) is 18.2. The molecule has 4 nitrogen and oxygen atoms in total. The number of likely N-dealkylation sites (tertiary alicyclic amines) is 1. The summed E-state index contributed by atoms with van der Waals surface area (Å²) < 4.78 is 0. The van der Waals surface area contributed by atoms with Crippen molar-refractivity contribution in [2.75, 3.05) is 13.1 Å². The van der Waals surface area contributed by atoms with Gasteiger partial charge in [0.25, 0.3) is 0 Å². The third-order valence-electron chi connectivity index (χ3n) is 6.24. The summed E-state index contributed by atoms with van der Waals surface area (Å²) in [5.74, 6) is 0.787. The number of nitrogens with one attached hydrogen (secondary N) is 2. The Morgan fingerprint density at radius 2 is 1.65 bits per heavy atom. The lowest BCUT2D eigenvalue weighted by Crippen LogP contribution is -2.42. The number of amides is 1. The van der Waals surface area contributed by atoms with Crippen molar-refractivity contribution in [2.45, 2.75) is 44.6 Å². The van der Waals surface area contributed by atoms with E-state index in [0.717, 1.165) is 30.5 Å². The minimum Gasteiger partial charge on any atom is -0.362 e. The van der Waals surface area contributed by atoms with Gasteiger partial charge in [0.2, 0.25) is 5.91 Å². The molecule has 2 N–H and O–H groups in total. The maximum Gasteiger partial charge on any atom is 0.228 e. The van der Waals surface area contributed by atoms with Gasteiger partial charge in [-0.25, -0.2) is 0 Å². The molecule has 31 heavy (non-hydrogen) atoms. The van der Waals surface area contributed by atoms with Gasteiger partial charge in [-0.3, -0.25) is 4.79 Å². The Bertz CT molecular complexity index is 873. The van der Waals surface area contributed by atoms with Gasteiger partial charge in [0.05, 0.1) is 6.04 Å². The average Bonchev–Trinajstić information content (AvgIpc) is 2.83.